The Hall–Kier alpha value is -4.72. The molecule has 0 aliphatic carbocycles. The van der Waals surface area contributed by atoms with E-state index >= 15 is 0 Å². The molecule has 3 aromatic heterocycles. The van der Waals surface area contributed by atoms with Crippen LogP contribution in [-0.2, 0) is 6.54 Å². The van der Waals surface area contributed by atoms with Crippen LogP contribution < -0.4 is 11.1 Å². The first-order valence-corrected chi connectivity index (χ1v) is 10.3. The van der Waals surface area contributed by atoms with Gasteiger partial charge in [0.05, 0.1) is 11.3 Å². The summed E-state index contributed by atoms with van der Waals surface area (Å²) in [5.74, 6) is 1.00. The molecule has 3 heterocycles. The highest BCUT2D eigenvalue weighted by Gasteiger charge is 2.18. The van der Waals surface area contributed by atoms with E-state index in [1.165, 1.54) is 0 Å². The molecule has 1 amide bonds. The molecule has 162 valence electrons. The number of nitrogen functional groups attached to an aromatic ring is 1. The van der Waals surface area contributed by atoms with Crippen molar-refractivity contribution >= 4 is 23.1 Å². The average Bonchev–Trinajstić information content (AvgIpc) is 3.22. The molecule has 33 heavy (non-hydrogen) atoms. The van der Waals surface area contributed by atoms with Crippen molar-refractivity contribution < 1.29 is 9.90 Å². The first kappa shape index (κ1) is 20.2. The van der Waals surface area contributed by atoms with E-state index in [0.29, 0.717) is 22.9 Å². The maximum Gasteiger partial charge on any atom is 0.404 e. The van der Waals surface area contributed by atoms with Crippen LogP contribution in [-0.4, -0.2) is 30.7 Å². The van der Waals surface area contributed by atoms with E-state index in [2.05, 4.69) is 10.3 Å². The topological polar surface area (TPSA) is 119 Å². The van der Waals surface area contributed by atoms with Crippen LogP contribution in [0.5, 0.6) is 0 Å². The molecule has 0 saturated heterocycles. The van der Waals surface area contributed by atoms with Gasteiger partial charge >= 0.3 is 6.09 Å². The van der Waals surface area contributed by atoms with Gasteiger partial charge in [-0.25, -0.2) is 19.7 Å². The second-order valence-electron chi connectivity index (χ2n) is 7.44. The van der Waals surface area contributed by atoms with Crippen molar-refractivity contribution in [2.24, 2.45) is 0 Å². The van der Waals surface area contributed by atoms with Crippen LogP contribution in [0.25, 0.3) is 39.5 Å². The van der Waals surface area contributed by atoms with Gasteiger partial charge in [-0.3, -0.25) is 4.57 Å². The zero-order valence-electron chi connectivity index (χ0n) is 17.5. The summed E-state index contributed by atoms with van der Waals surface area (Å²) in [6.45, 7) is 0.221. The Balaban J connectivity index is 1.69. The molecule has 0 fully saturated rings. The van der Waals surface area contributed by atoms with Gasteiger partial charge in [-0.1, -0.05) is 42.5 Å². The summed E-state index contributed by atoms with van der Waals surface area (Å²) in [5, 5.41) is 11.2. The monoisotopic (exact) mass is 436 g/mol. The predicted octanol–water partition coefficient (Wildman–Crippen LogP) is 4.50. The molecule has 8 heteroatoms. The first-order chi connectivity index (χ1) is 16.1. The maximum atomic E-state index is 10.8. The fraction of sp³-hybridized carbons (Fsp3) is 0.0400. The van der Waals surface area contributed by atoms with Crippen molar-refractivity contribution in [1.29, 1.82) is 0 Å². The van der Waals surface area contributed by atoms with Crippen molar-refractivity contribution in [3.8, 4) is 28.3 Å². The molecule has 0 aliphatic heterocycles. The summed E-state index contributed by atoms with van der Waals surface area (Å²) >= 11 is 0. The van der Waals surface area contributed by atoms with E-state index in [0.717, 1.165) is 28.0 Å². The Morgan fingerprint density at radius 1 is 0.939 bits per heavy atom. The lowest BCUT2D eigenvalue weighted by Gasteiger charge is -2.11. The standard InChI is InChI=1S/C25H20N6O2/c26-22-19(7-4-14-27-22)23-30-21-13-12-20(17-5-2-1-3-6-17)29-24(21)31(23)18-10-8-16(9-11-18)15-28-25(32)33/h1-14,28H,15H2,(H2,26,27)(H,32,33). The number of carboxylic acid groups (broad SMARTS) is 1. The van der Waals surface area contributed by atoms with Gasteiger partial charge in [0.2, 0.25) is 0 Å². The molecule has 0 spiro atoms. The Labute approximate surface area is 189 Å². The minimum absolute atomic E-state index is 0.221. The molecule has 5 rings (SSSR count). The van der Waals surface area contributed by atoms with Crippen molar-refractivity contribution in [3.63, 3.8) is 0 Å². The van der Waals surface area contributed by atoms with Gasteiger partial charge in [0, 0.05) is 24.0 Å². The van der Waals surface area contributed by atoms with E-state index in [4.69, 9.17) is 20.8 Å². The summed E-state index contributed by atoms with van der Waals surface area (Å²) in [6, 6.07) is 25.1. The van der Waals surface area contributed by atoms with Crippen LogP contribution in [0, 0.1) is 0 Å². The molecule has 0 bridgehead atoms. The van der Waals surface area contributed by atoms with Gasteiger partial charge in [-0.15, -0.1) is 0 Å². The lowest BCUT2D eigenvalue weighted by atomic mass is 10.1. The van der Waals surface area contributed by atoms with E-state index in [-0.39, 0.29) is 6.54 Å². The summed E-state index contributed by atoms with van der Waals surface area (Å²) in [5.41, 5.74) is 11.8. The van der Waals surface area contributed by atoms with Crippen molar-refractivity contribution in [2.75, 3.05) is 5.73 Å². The fourth-order valence-corrected chi connectivity index (χ4v) is 3.70. The van der Waals surface area contributed by atoms with Crippen molar-refractivity contribution in [3.05, 3.63) is 90.6 Å². The van der Waals surface area contributed by atoms with Gasteiger partial charge in [-0.2, -0.15) is 0 Å². The Morgan fingerprint density at radius 3 is 2.45 bits per heavy atom. The number of aromatic nitrogens is 4. The zero-order chi connectivity index (χ0) is 22.8. The smallest absolute Gasteiger partial charge is 0.404 e. The number of nitrogens with two attached hydrogens (primary N) is 1. The van der Waals surface area contributed by atoms with E-state index in [1.54, 1.807) is 6.20 Å². The minimum Gasteiger partial charge on any atom is -0.465 e. The maximum absolute atomic E-state index is 10.8. The SMILES string of the molecule is Nc1ncccc1-c1nc2ccc(-c3ccccc3)nc2n1-c1ccc(CNC(=O)O)cc1. The van der Waals surface area contributed by atoms with Crippen LogP contribution in [0.2, 0.25) is 0 Å². The Bertz CT molecular complexity index is 1450. The molecule has 2 aromatic carbocycles. The van der Waals surface area contributed by atoms with E-state index in [1.807, 2.05) is 83.4 Å². The molecular weight excluding hydrogens is 416 g/mol. The highest BCUT2D eigenvalue weighted by Crippen LogP contribution is 2.31. The highest BCUT2D eigenvalue weighted by atomic mass is 16.4. The first-order valence-electron chi connectivity index (χ1n) is 10.3. The quantitative estimate of drug-likeness (QED) is 0.373. The van der Waals surface area contributed by atoms with Crippen LogP contribution in [0.15, 0.2) is 85.1 Å². The predicted molar refractivity (Wildman–Crippen MR) is 127 cm³/mol. The van der Waals surface area contributed by atoms with E-state index in [9.17, 15) is 4.79 Å². The fourth-order valence-electron chi connectivity index (χ4n) is 3.70. The third kappa shape index (κ3) is 3.97. The number of benzene rings is 2. The van der Waals surface area contributed by atoms with Gasteiger partial charge < -0.3 is 16.2 Å². The Kier molecular flexibility index (Phi) is 5.16. The summed E-state index contributed by atoms with van der Waals surface area (Å²) in [6.07, 6.45) is 0.577. The Morgan fingerprint density at radius 2 is 1.73 bits per heavy atom. The second-order valence-corrected chi connectivity index (χ2v) is 7.44. The number of hydrogen-bond donors (Lipinski definition) is 3. The zero-order valence-corrected chi connectivity index (χ0v) is 17.5. The molecule has 5 aromatic rings. The molecule has 0 unspecified atom stereocenters. The van der Waals surface area contributed by atoms with Crippen LogP contribution in [0.4, 0.5) is 10.6 Å². The lowest BCUT2D eigenvalue weighted by Crippen LogP contribution is -2.19. The number of fused-ring (bicyclic) bond motifs is 1. The number of hydrogen-bond acceptors (Lipinski definition) is 5. The molecule has 0 aliphatic rings. The minimum atomic E-state index is -1.06. The van der Waals surface area contributed by atoms with Crippen LogP contribution in [0.1, 0.15) is 5.56 Å². The number of amides is 1. The molecule has 0 saturated carbocycles. The van der Waals surface area contributed by atoms with Gasteiger partial charge in [0.25, 0.3) is 0 Å². The van der Waals surface area contributed by atoms with Crippen molar-refractivity contribution in [1.82, 2.24) is 24.8 Å². The normalized spacial score (nSPS) is 10.9. The summed E-state index contributed by atoms with van der Waals surface area (Å²) in [4.78, 5) is 24.8. The third-order valence-electron chi connectivity index (χ3n) is 5.29. The number of anilines is 1. The molecular formula is C25H20N6O2. The summed E-state index contributed by atoms with van der Waals surface area (Å²) in [7, 11) is 0. The molecule has 8 nitrogen and oxygen atoms in total. The number of nitrogens with zero attached hydrogens (tertiary/aromatic N) is 4. The van der Waals surface area contributed by atoms with Gasteiger partial charge in [0.15, 0.2) is 11.5 Å². The second kappa shape index (κ2) is 8.43. The lowest BCUT2D eigenvalue weighted by molar-refractivity contribution is 0.194. The molecule has 0 radical (unpaired) electrons. The van der Waals surface area contributed by atoms with Crippen molar-refractivity contribution in [2.45, 2.75) is 6.54 Å². The highest BCUT2D eigenvalue weighted by molar-refractivity contribution is 5.84. The number of imidazole rings is 1. The summed E-state index contributed by atoms with van der Waals surface area (Å²) < 4.78 is 1.95. The number of carbonyl (C=O) groups is 1. The largest absolute Gasteiger partial charge is 0.465 e. The molecule has 4 N–H and O–H groups in total. The van der Waals surface area contributed by atoms with Gasteiger partial charge in [0.1, 0.15) is 11.3 Å². The number of pyridine rings is 2. The average molecular weight is 436 g/mol. The van der Waals surface area contributed by atoms with Crippen LogP contribution in [0.3, 0.4) is 0 Å². The third-order valence-corrected chi connectivity index (χ3v) is 5.29. The van der Waals surface area contributed by atoms with Crippen LogP contribution >= 0.6 is 0 Å². The number of rotatable bonds is 5. The van der Waals surface area contributed by atoms with E-state index < -0.39 is 6.09 Å². The van der Waals surface area contributed by atoms with Gasteiger partial charge in [-0.05, 0) is 42.0 Å². The number of nitrogens with one attached hydrogen (secondary N) is 1. The molecule has 0 atom stereocenters.